The van der Waals surface area contributed by atoms with E-state index in [2.05, 4.69) is 17.6 Å². The van der Waals surface area contributed by atoms with E-state index in [1.807, 2.05) is 0 Å². The molecule has 2 rings (SSSR count). The van der Waals surface area contributed by atoms with Gasteiger partial charge in [-0.2, -0.15) is 0 Å². The number of anilines is 1. The summed E-state index contributed by atoms with van der Waals surface area (Å²) in [6.45, 7) is 2.10. The van der Waals surface area contributed by atoms with Gasteiger partial charge in [0.05, 0.1) is 5.56 Å². The zero-order valence-corrected chi connectivity index (χ0v) is 11.1. The third-order valence-electron chi connectivity index (χ3n) is 3.36. The van der Waals surface area contributed by atoms with Gasteiger partial charge >= 0.3 is 12.0 Å². The molecule has 0 saturated heterocycles. The predicted octanol–water partition coefficient (Wildman–Crippen LogP) is 2.83. The highest BCUT2D eigenvalue weighted by Crippen LogP contribution is 2.34. The van der Waals surface area contributed by atoms with Crippen molar-refractivity contribution in [2.75, 3.05) is 5.32 Å². The summed E-state index contributed by atoms with van der Waals surface area (Å²) in [5.41, 5.74) is -0.182. The van der Waals surface area contributed by atoms with Crippen LogP contribution in [0.2, 0.25) is 0 Å². The number of hydrogen-bond donors (Lipinski definition) is 3. The molecule has 1 aromatic rings. The SMILES string of the molecule is CCCC1CC1NC(=O)Nc1ccc(C(=O)O)c(F)c1. The number of urea groups is 1. The molecule has 3 N–H and O–H groups in total. The summed E-state index contributed by atoms with van der Waals surface area (Å²) in [6, 6.07) is 3.29. The average molecular weight is 280 g/mol. The van der Waals surface area contributed by atoms with Crippen LogP contribution in [-0.4, -0.2) is 23.1 Å². The fourth-order valence-corrected chi connectivity index (χ4v) is 2.22. The largest absolute Gasteiger partial charge is 0.478 e. The predicted molar refractivity (Wildman–Crippen MR) is 72.3 cm³/mol. The van der Waals surface area contributed by atoms with Crippen molar-refractivity contribution >= 4 is 17.7 Å². The maximum Gasteiger partial charge on any atom is 0.338 e. The Morgan fingerprint density at radius 3 is 2.80 bits per heavy atom. The molecule has 2 unspecified atom stereocenters. The van der Waals surface area contributed by atoms with Crippen molar-refractivity contribution < 1.29 is 19.1 Å². The Morgan fingerprint density at radius 1 is 1.45 bits per heavy atom. The van der Waals surface area contributed by atoms with Crippen molar-refractivity contribution in [2.24, 2.45) is 5.92 Å². The molecule has 0 aromatic heterocycles. The molecule has 6 heteroatoms. The van der Waals surface area contributed by atoms with E-state index >= 15 is 0 Å². The molecule has 0 bridgehead atoms. The van der Waals surface area contributed by atoms with Gasteiger partial charge in [-0.05, 0) is 37.0 Å². The van der Waals surface area contributed by atoms with Crippen molar-refractivity contribution in [1.29, 1.82) is 0 Å². The van der Waals surface area contributed by atoms with Gasteiger partial charge in [-0.15, -0.1) is 0 Å². The maximum atomic E-state index is 13.4. The second kappa shape index (κ2) is 5.90. The fraction of sp³-hybridized carbons (Fsp3) is 0.429. The Balaban J connectivity index is 1.89. The van der Waals surface area contributed by atoms with Crippen LogP contribution >= 0.6 is 0 Å². The highest BCUT2D eigenvalue weighted by atomic mass is 19.1. The van der Waals surface area contributed by atoms with E-state index in [1.54, 1.807) is 0 Å². The fourth-order valence-electron chi connectivity index (χ4n) is 2.22. The minimum Gasteiger partial charge on any atom is -0.478 e. The molecule has 1 fully saturated rings. The molecule has 5 nitrogen and oxygen atoms in total. The lowest BCUT2D eigenvalue weighted by molar-refractivity contribution is 0.0692. The topological polar surface area (TPSA) is 78.4 Å². The number of carbonyl (C=O) groups excluding carboxylic acids is 1. The van der Waals surface area contributed by atoms with Gasteiger partial charge in [0.15, 0.2) is 0 Å². The first kappa shape index (κ1) is 14.3. The normalized spacial score (nSPS) is 20.3. The molecule has 1 saturated carbocycles. The Hall–Kier alpha value is -2.11. The van der Waals surface area contributed by atoms with Gasteiger partial charge in [0, 0.05) is 11.7 Å². The molecule has 2 amide bonds. The summed E-state index contributed by atoms with van der Waals surface area (Å²) in [5, 5.41) is 14.0. The van der Waals surface area contributed by atoms with Crippen LogP contribution in [0.5, 0.6) is 0 Å². The van der Waals surface area contributed by atoms with Crippen LogP contribution in [-0.2, 0) is 0 Å². The number of halogens is 1. The number of carboxylic acid groups (broad SMARTS) is 1. The summed E-state index contributed by atoms with van der Waals surface area (Å²) in [5.74, 6) is -1.67. The van der Waals surface area contributed by atoms with E-state index in [0.29, 0.717) is 5.92 Å². The number of hydrogen-bond acceptors (Lipinski definition) is 2. The Labute approximate surface area is 116 Å². The first-order chi connectivity index (χ1) is 9.51. The Morgan fingerprint density at radius 2 is 2.20 bits per heavy atom. The molecule has 0 radical (unpaired) electrons. The molecular formula is C14H17FN2O3. The number of carboxylic acids is 1. The molecule has 0 spiro atoms. The zero-order chi connectivity index (χ0) is 14.7. The number of amides is 2. The number of rotatable bonds is 5. The van der Waals surface area contributed by atoms with Crippen LogP contribution in [0.25, 0.3) is 0 Å². The van der Waals surface area contributed by atoms with Crippen LogP contribution in [0, 0.1) is 11.7 Å². The van der Waals surface area contributed by atoms with Crippen LogP contribution in [0.15, 0.2) is 18.2 Å². The summed E-state index contributed by atoms with van der Waals surface area (Å²) in [4.78, 5) is 22.3. The minimum absolute atomic E-state index is 0.193. The van der Waals surface area contributed by atoms with Crippen LogP contribution in [0.3, 0.4) is 0 Å². The summed E-state index contributed by atoms with van der Waals surface area (Å²) in [7, 11) is 0. The standard InChI is InChI=1S/C14H17FN2O3/c1-2-3-8-6-12(8)17-14(20)16-9-4-5-10(13(18)19)11(15)7-9/h4-5,7-8,12H,2-3,6H2,1H3,(H,18,19)(H2,16,17,20). The van der Waals surface area contributed by atoms with E-state index in [0.717, 1.165) is 31.4 Å². The highest BCUT2D eigenvalue weighted by Gasteiger charge is 2.37. The lowest BCUT2D eigenvalue weighted by Crippen LogP contribution is -2.31. The quantitative estimate of drug-likeness (QED) is 0.776. The molecule has 2 atom stereocenters. The van der Waals surface area contributed by atoms with E-state index in [1.165, 1.54) is 6.07 Å². The molecule has 1 aliphatic carbocycles. The zero-order valence-electron chi connectivity index (χ0n) is 11.1. The number of carbonyl (C=O) groups is 2. The molecule has 0 aliphatic heterocycles. The molecule has 108 valence electrons. The highest BCUT2D eigenvalue weighted by molar-refractivity contribution is 5.92. The van der Waals surface area contributed by atoms with Crippen LogP contribution < -0.4 is 10.6 Å². The molecular weight excluding hydrogens is 263 g/mol. The molecule has 20 heavy (non-hydrogen) atoms. The lowest BCUT2D eigenvalue weighted by Gasteiger charge is -2.08. The van der Waals surface area contributed by atoms with Crippen LogP contribution in [0.4, 0.5) is 14.9 Å². The van der Waals surface area contributed by atoms with Gasteiger partial charge in [0.1, 0.15) is 5.82 Å². The molecule has 1 aliphatic rings. The number of benzene rings is 1. The van der Waals surface area contributed by atoms with Crippen molar-refractivity contribution in [2.45, 2.75) is 32.2 Å². The van der Waals surface area contributed by atoms with E-state index in [-0.39, 0.29) is 11.7 Å². The van der Waals surface area contributed by atoms with Gasteiger partial charge in [0.2, 0.25) is 0 Å². The third-order valence-corrected chi connectivity index (χ3v) is 3.36. The number of aromatic carboxylic acids is 1. The Kier molecular flexibility index (Phi) is 4.22. The van der Waals surface area contributed by atoms with Crippen LogP contribution in [0.1, 0.15) is 36.5 Å². The summed E-state index contributed by atoms with van der Waals surface area (Å²) < 4.78 is 13.4. The van der Waals surface area contributed by atoms with Crippen molar-refractivity contribution in [3.8, 4) is 0 Å². The van der Waals surface area contributed by atoms with Gasteiger partial charge < -0.3 is 15.7 Å². The smallest absolute Gasteiger partial charge is 0.338 e. The minimum atomic E-state index is -1.33. The average Bonchev–Trinajstić information content (AvgIpc) is 3.06. The van der Waals surface area contributed by atoms with E-state index in [9.17, 15) is 14.0 Å². The monoisotopic (exact) mass is 280 g/mol. The third kappa shape index (κ3) is 3.46. The van der Waals surface area contributed by atoms with Gasteiger partial charge in [-0.25, -0.2) is 14.0 Å². The van der Waals surface area contributed by atoms with Crippen molar-refractivity contribution in [3.05, 3.63) is 29.6 Å². The second-order valence-corrected chi connectivity index (χ2v) is 4.99. The van der Waals surface area contributed by atoms with Gasteiger partial charge in [-0.3, -0.25) is 0 Å². The summed E-state index contributed by atoms with van der Waals surface area (Å²) in [6.07, 6.45) is 3.16. The van der Waals surface area contributed by atoms with Crippen molar-refractivity contribution in [3.63, 3.8) is 0 Å². The van der Waals surface area contributed by atoms with E-state index < -0.39 is 23.4 Å². The lowest BCUT2D eigenvalue weighted by atomic mass is 10.2. The number of nitrogens with one attached hydrogen (secondary N) is 2. The Bertz CT molecular complexity index is 533. The first-order valence-corrected chi connectivity index (χ1v) is 6.61. The maximum absolute atomic E-state index is 13.4. The summed E-state index contributed by atoms with van der Waals surface area (Å²) >= 11 is 0. The molecule has 1 aromatic carbocycles. The van der Waals surface area contributed by atoms with Crippen molar-refractivity contribution in [1.82, 2.24) is 5.32 Å². The molecule has 0 heterocycles. The van der Waals surface area contributed by atoms with E-state index in [4.69, 9.17) is 5.11 Å². The second-order valence-electron chi connectivity index (χ2n) is 4.99. The van der Waals surface area contributed by atoms with Gasteiger partial charge in [-0.1, -0.05) is 13.3 Å². The van der Waals surface area contributed by atoms with Gasteiger partial charge in [0.25, 0.3) is 0 Å². The first-order valence-electron chi connectivity index (χ1n) is 6.61.